The summed E-state index contributed by atoms with van der Waals surface area (Å²) in [5.41, 5.74) is 0. The average molecular weight is 139 g/mol. The summed E-state index contributed by atoms with van der Waals surface area (Å²) in [6, 6.07) is 0. The number of rotatable bonds is 4. The van der Waals surface area contributed by atoms with E-state index in [0.717, 1.165) is 6.54 Å². The summed E-state index contributed by atoms with van der Waals surface area (Å²) in [5, 5.41) is 2.91. The van der Waals surface area contributed by atoms with E-state index in [2.05, 4.69) is 17.2 Å². The molecule has 0 atom stereocenters. The lowest BCUT2D eigenvalue weighted by molar-refractivity contribution is -0.118. The van der Waals surface area contributed by atoms with Gasteiger partial charge in [-0.15, -0.1) is 5.92 Å². The fraction of sp³-hybridized carbons (Fsp3) is 0.625. The molecular formula is C8H13NO. The lowest BCUT2D eigenvalue weighted by atomic mass is 10.2. The summed E-state index contributed by atoms with van der Waals surface area (Å²) < 4.78 is 0. The van der Waals surface area contributed by atoms with Gasteiger partial charge in [0.2, 0.25) is 0 Å². The molecule has 0 bridgehead atoms. The van der Waals surface area contributed by atoms with Gasteiger partial charge in [-0.1, -0.05) is 5.92 Å². The summed E-state index contributed by atoms with van der Waals surface area (Å²) in [6.45, 7) is 2.50. The van der Waals surface area contributed by atoms with E-state index >= 15 is 0 Å². The van der Waals surface area contributed by atoms with E-state index in [0.29, 0.717) is 12.8 Å². The molecule has 0 aliphatic heterocycles. The number of hydrogen-bond acceptors (Lipinski definition) is 2. The summed E-state index contributed by atoms with van der Waals surface area (Å²) in [5.74, 6) is 5.63. The van der Waals surface area contributed by atoms with Crippen LogP contribution in [0.1, 0.15) is 19.8 Å². The van der Waals surface area contributed by atoms with Crippen LogP contribution in [-0.4, -0.2) is 19.4 Å². The van der Waals surface area contributed by atoms with Crippen LogP contribution >= 0.6 is 0 Å². The molecule has 0 radical (unpaired) electrons. The molecular weight excluding hydrogens is 126 g/mol. The zero-order chi connectivity index (χ0) is 7.82. The molecule has 0 unspecified atom stereocenters. The first-order valence-corrected chi connectivity index (χ1v) is 3.37. The fourth-order valence-electron chi connectivity index (χ4n) is 0.540. The lowest BCUT2D eigenvalue weighted by Gasteiger charge is -1.93. The molecule has 0 aromatic heterocycles. The fourth-order valence-corrected chi connectivity index (χ4v) is 0.540. The predicted octanol–water partition coefficient (Wildman–Crippen LogP) is 0.578. The van der Waals surface area contributed by atoms with Crippen LogP contribution in [0.25, 0.3) is 0 Å². The van der Waals surface area contributed by atoms with Crippen molar-refractivity contribution < 1.29 is 4.79 Å². The van der Waals surface area contributed by atoms with Crippen LogP contribution in [0.2, 0.25) is 0 Å². The van der Waals surface area contributed by atoms with Crippen LogP contribution in [0.5, 0.6) is 0 Å². The van der Waals surface area contributed by atoms with Crippen molar-refractivity contribution in [2.45, 2.75) is 19.8 Å². The Labute approximate surface area is 62.0 Å². The highest BCUT2D eigenvalue weighted by atomic mass is 16.1. The van der Waals surface area contributed by atoms with E-state index in [4.69, 9.17) is 0 Å². The third kappa shape index (κ3) is 5.33. The summed E-state index contributed by atoms with van der Waals surface area (Å²) in [6.07, 6.45) is 0.989. The van der Waals surface area contributed by atoms with E-state index in [-0.39, 0.29) is 5.78 Å². The quantitative estimate of drug-likeness (QED) is 0.577. The summed E-state index contributed by atoms with van der Waals surface area (Å²) in [4.78, 5) is 10.8. The third-order valence-corrected chi connectivity index (χ3v) is 1.12. The van der Waals surface area contributed by atoms with Gasteiger partial charge < -0.3 is 5.32 Å². The van der Waals surface area contributed by atoms with E-state index in [1.807, 2.05) is 7.05 Å². The molecule has 0 saturated carbocycles. The van der Waals surface area contributed by atoms with E-state index in [9.17, 15) is 4.79 Å². The van der Waals surface area contributed by atoms with Gasteiger partial charge in [0, 0.05) is 13.0 Å². The van der Waals surface area contributed by atoms with Crippen molar-refractivity contribution in [1.82, 2.24) is 5.32 Å². The molecule has 1 N–H and O–H groups in total. The Morgan fingerprint density at radius 1 is 1.60 bits per heavy atom. The predicted molar refractivity (Wildman–Crippen MR) is 41.6 cm³/mol. The lowest BCUT2D eigenvalue weighted by Crippen LogP contribution is -2.12. The van der Waals surface area contributed by atoms with Crippen LogP contribution in [0, 0.1) is 11.8 Å². The zero-order valence-electron chi connectivity index (χ0n) is 6.53. The van der Waals surface area contributed by atoms with E-state index in [1.165, 1.54) is 0 Å². The molecule has 0 aliphatic rings. The maximum atomic E-state index is 10.8. The van der Waals surface area contributed by atoms with Crippen molar-refractivity contribution in [2.24, 2.45) is 0 Å². The van der Waals surface area contributed by atoms with Crippen molar-refractivity contribution in [1.29, 1.82) is 0 Å². The minimum absolute atomic E-state index is 0.212. The highest BCUT2D eigenvalue weighted by molar-refractivity contribution is 5.80. The second kappa shape index (κ2) is 6.31. The molecule has 0 spiro atoms. The molecule has 2 nitrogen and oxygen atoms in total. The Bertz CT molecular complexity index is 152. The molecule has 0 amide bonds. The molecule has 56 valence electrons. The minimum atomic E-state index is 0.212. The molecule has 0 heterocycles. The maximum absolute atomic E-state index is 10.8. The number of hydrogen-bond donors (Lipinski definition) is 1. The highest BCUT2D eigenvalue weighted by Crippen LogP contribution is 1.85. The molecule has 0 fully saturated rings. The number of Topliss-reactive ketones (excluding diaryl/α,β-unsaturated/α-hetero) is 1. The molecule has 0 aromatic rings. The monoisotopic (exact) mass is 139 g/mol. The third-order valence-electron chi connectivity index (χ3n) is 1.12. The first-order valence-electron chi connectivity index (χ1n) is 3.37. The van der Waals surface area contributed by atoms with Crippen molar-refractivity contribution in [2.75, 3.05) is 13.6 Å². The van der Waals surface area contributed by atoms with Crippen molar-refractivity contribution >= 4 is 5.78 Å². The van der Waals surface area contributed by atoms with Gasteiger partial charge in [0.05, 0.1) is 6.42 Å². The Kier molecular flexibility index (Phi) is 5.80. The van der Waals surface area contributed by atoms with Gasteiger partial charge in [-0.05, 0) is 14.0 Å². The van der Waals surface area contributed by atoms with Gasteiger partial charge in [-0.25, -0.2) is 0 Å². The Hall–Kier alpha value is -0.810. The number of carbonyl (C=O) groups excluding carboxylic acids is 1. The van der Waals surface area contributed by atoms with Gasteiger partial charge in [-0.3, -0.25) is 4.79 Å². The second-order valence-electron chi connectivity index (χ2n) is 2.00. The number of carbonyl (C=O) groups is 1. The maximum Gasteiger partial charge on any atom is 0.146 e. The van der Waals surface area contributed by atoms with E-state index < -0.39 is 0 Å². The van der Waals surface area contributed by atoms with Crippen LogP contribution < -0.4 is 5.32 Å². The second-order valence-corrected chi connectivity index (χ2v) is 2.00. The number of nitrogens with one attached hydrogen (secondary N) is 1. The van der Waals surface area contributed by atoms with Gasteiger partial charge in [0.15, 0.2) is 0 Å². The average Bonchev–Trinajstić information content (AvgIpc) is 1.97. The summed E-state index contributed by atoms with van der Waals surface area (Å²) >= 11 is 0. The van der Waals surface area contributed by atoms with E-state index in [1.54, 1.807) is 6.92 Å². The van der Waals surface area contributed by atoms with Crippen LogP contribution in [0.4, 0.5) is 0 Å². The Morgan fingerprint density at radius 2 is 2.30 bits per heavy atom. The van der Waals surface area contributed by atoms with Crippen LogP contribution in [0.15, 0.2) is 0 Å². The van der Waals surface area contributed by atoms with Gasteiger partial charge in [0.1, 0.15) is 5.78 Å². The van der Waals surface area contributed by atoms with Crippen molar-refractivity contribution in [3.63, 3.8) is 0 Å². The van der Waals surface area contributed by atoms with Gasteiger partial charge in [-0.2, -0.15) is 0 Å². The molecule has 10 heavy (non-hydrogen) atoms. The van der Waals surface area contributed by atoms with Crippen LogP contribution in [-0.2, 0) is 4.79 Å². The first kappa shape index (κ1) is 9.19. The minimum Gasteiger partial charge on any atom is -0.319 e. The zero-order valence-corrected chi connectivity index (χ0v) is 6.53. The smallest absolute Gasteiger partial charge is 0.146 e. The first-order chi connectivity index (χ1) is 4.81. The number of ketones is 1. The Morgan fingerprint density at radius 3 is 2.80 bits per heavy atom. The SMILES string of the molecule is CC#CCC(=O)CCNC. The summed E-state index contributed by atoms with van der Waals surface area (Å²) in [7, 11) is 1.83. The highest BCUT2D eigenvalue weighted by Gasteiger charge is 1.95. The molecule has 0 rings (SSSR count). The Balaban J connectivity index is 3.31. The van der Waals surface area contributed by atoms with Gasteiger partial charge >= 0.3 is 0 Å². The molecule has 0 aliphatic carbocycles. The standard InChI is InChI=1S/C8H13NO/c1-3-4-5-8(10)6-7-9-2/h9H,5-7H2,1-2H3. The van der Waals surface area contributed by atoms with Crippen LogP contribution in [0.3, 0.4) is 0 Å². The molecule has 0 aromatic carbocycles. The van der Waals surface area contributed by atoms with Crippen molar-refractivity contribution in [3.05, 3.63) is 0 Å². The molecule has 0 saturated heterocycles. The van der Waals surface area contributed by atoms with Gasteiger partial charge in [0.25, 0.3) is 0 Å². The molecule has 2 heteroatoms. The van der Waals surface area contributed by atoms with Crippen molar-refractivity contribution in [3.8, 4) is 11.8 Å². The largest absolute Gasteiger partial charge is 0.319 e. The normalized spacial score (nSPS) is 8.20. The topological polar surface area (TPSA) is 29.1 Å².